The number of hydrogen-bond donors (Lipinski definition) is 1. The maximum absolute atomic E-state index is 12.2. The number of nitrogens with one attached hydrogen (secondary N) is 1. The number of sulfonamides is 1. The van der Waals surface area contributed by atoms with Crippen LogP contribution in [0.15, 0.2) is 28.7 Å². The predicted octanol–water partition coefficient (Wildman–Crippen LogP) is 3.13. The van der Waals surface area contributed by atoms with Crippen LogP contribution in [0.2, 0.25) is 0 Å². The van der Waals surface area contributed by atoms with E-state index in [1.54, 1.807) is 4.31 Å². The van der Waals surface area contributed by atoms with E-state index < -0.39 is 10.0 Å². The molecule has 1 aromatic carbocycles. The Hall–Kier alpha value is -0.430. The van der Waals surface area contributed by atoms with E-state index in [1.165, 1.54) is 5.56 Å². The van der Waals surface area contributed by atoms with E-state index >= 15 is 0 Å². The zero-order chi connectivity index (χ0) is 16.0. The highest BCUT2D eigenvalue weighted by Gasteiger charge is 2.27. The molecule has 1 heterocycles. The zero-order valence-corrected chi connectivity index (χ0v) is 15.5. The fourth-order valence-electron chi connectivity index (χ4n) is 2.70. The van der Waals surface area contributed by atoms with Gasteiger partial charge in [-0.3, -0.25) is 0 Å². The molecule has 0 bridgehead atoms. The van der Waals surface area contributed by atoms with E-state index in [4.69, 9.17) is 0 Å². The van der Waals surface area contributed by atoms with Crippen LogP contribution in [0.4, 0.5) is 0 Å². The summed E-state index contributed by atoms with van der Waals surface area (Å²) in [7, 11) is -3.04. The van der Waals surface area contributed by atoms with Crippen LogP contribution in [-0.2, 0) is 16.6 Å². The molecule has 0 amide bonds. The van der Waals surface area contributed by atoms with Gasteiger partial charge >= 0.3 is 0 Å². The SMILES string of the molecule is CCCCS(=O)(=O)N1CCC(NCc2cccc(Br)c2)CC1. The average Bonchev–Trinajstić information content (AvgIpc) is 2.51. The third-order valence-electron chi connectivity index (χ3n) is 4.09. The highest BCUT2D eigenvalue weighted by molar-refractivity contribution is 9.10. The summed E-state index contributed by atoms with van der Waals surface area (Å²) in [6.07, 6.45) is 3.45. The molecular formula is C16H25BrN2O2S. The van der Waals surface area contributed by atoms with Crippen LogP contribution < -0.4 is 5.32 Å². The monoisotopic (exact) mass is 388 g/mol. The molecule has 1 saturated heterocycles. The molecule has 0 spiro atoms. The zero-order valence-electron chi connectivity index (χ0n) is 13.1. The van der Waals surface area contributed by atoms with Crippen molar-refractivity contribution in [1.29, 1.82) is 0 Å². The van der Waals surface area contributed by atoms with Gasteiger partial charge in [0.25, 0.3) is 0 Å². The molecule has 0 atom stereocenters. The third-order valence-corrected chi connectivity index (χ3v) is 6.54. The predicted molar refractivity (Wildman–Crippen MR) is 94.3 cm³/mol. The van der Waals surface area contributed by atoms with E-state index in [2.05, 4.69) is 33.4 Å². The summed E-state index contributed by atoms with van der Waals surface area (Å²) < 4.78 is 27.1. The first-order valence-corrected chi connectivity index (χ1v) is 10.4. The molecule has 0 aromatic heterocycles. The maximum Gasteiger partial charge on any atom is 0.214 e. The van der Waals surface area contributed by atoms with E-state index in [-0.39, 0.29) is 0 Å². The molecule has 1 aliphatic rings. The van der Waals surface area contributed by atoms with Gasteiger partial charge in [0, 0.05) is 30.1 Å². The van der Waals surface area contributed by atoms with E-state index in [0.717, 1.165) is 36.7 Å². The van der Waals surface area contributed by atoms with Gasteiger partial charge in [-0.15, -0.1) is 0 Å². The van der Waals surface area contributed by atoms with Crippen LogP contribution in [0.5, 0.6) is 0 Å². The van der Waals surface area contributed by atoms with E-state index in [1.807, 2.05) is 19.1 Å². The third kappa shape index (κ3) is 5.33. The Bertz CT molecular complexity index is 569. The van der Waals surface area contributed by atoms with Crippen molar-refractivity contribution in [1.82, 2.24) is 9.62 Å². The van der Waals surface area contributed by atoms with Crippen LogP contribution in [0.1, 0.15) is 38.2 Å². The van der Waals surface area contributed by atoms with Gasteiger partial charge in [0.2, 0.25) is 10.0 Å². The molecule has 0 aliphatic carbocycles. The minimum atomic E-state index is -3.04. The fourth-order valence-corrected chi connectivity index (χ4v) is 4.83. The number of halogens is 1. The highest BCUT2D eigenvalue weighted by atomic mass is 79.9. The van der Waals surface area contributed by atoms with Gasteiger partial charge in [-0.25, -0.2) is 12.7 Å². The molecule has 1 aliphatic heterocycles. The second-order valence-corrected chi connectivity index (χ2v) is 8.86. The minimum Gasteiger partial charge on any atom is -0.310 e. The van der Waals surface area contributed by atoms with Crippen molar-refractivity contribution in [3.63, 3.8) is 0 Å². The van der Waals surface area contributed by atoms with Crippen molar-refractivity contribution in [2.24, 2.45) is 0 Å². The minimum absolute atomic E-state index is 0.291. The second kappa shape index (κ2) is 8.43. The van der Waals surface area contributed by atoms with Crippen LogP contribution in [0.3, 0.4) is 0 Å². The Balaban J connectivity index is 1.77. The largest absolute Gasteiger partial charge is 0.310 e. The number of hydrogen-bond acceptors (Lipinski definition) is 3. The molecule has 4 nitrogen and oxygen atoms in total. The average molecular weight is 389 g/mol. The van der Waals surface area contributed by atoms with Gasteiger partial charge in [-0.05, 0) is 37.0 Å². The number of benzene rings is 1. The summed E-state index contributed by atoms with van der Waals surface area (Å²) in [6, 6.07) is 8.66. The molecular weight excluding hydrogens is 364 g/mol. The molecule has 124 valence electrons. The van der Waals surface area contributed by atoms with Crippen molar-refractivity contribution in [3.8, 4) is 0 Å². The van der Waals surface area contributed by atoms with Crippen molar-refractivity contribution in [2.75, 3.05) is 18.8 Å². The Labute approximate surface area is 142 Å². The van der Waals surface area contributed by atoms with Gasteiger partial charge in [-0.2, -0.15) is 0 Å². The molecule has 0 unspecified atom stereocenters. The lowest BCUT2D eigenvalue weighted by atomic mass is 10.1. The van der Waals surface area contributed by atoms with Gasteiger partial charge in [0.1, 0.15) is 0 Å². The van der Waals surface area contributed by atoms with Crippen LogP contribution in [-0.4, -0.2) is 37.6 Å². The molecule has 0 radical (unpaired) electrons. The van der Waals surface area contributed by atoms with Gasteiger partial charge in [0.15, 0.2) is 0 Å². The summed E-state index contributed by atoms with van der Waals surface area (Å²) in [5, 5.41) is 3.54. The summed E-state index contributed by atoms with van der Waals surface area (Å²) in [5.74, 6) is 0.291. The van der Waals surface area contributed by atoms with Crippen molar-refractivity contribution in [2.45, 2.75) is 45.2 Å². The summed E-state index contributed by atoms with van der Waals surface area (Å²) >= 11 is 3.48. The standard InChI is InChI=1S/C16H25BrN2O2S/c1-2-3-11-22(20,21)19-9-7-16(8-10-19)18-13-14-5-4-6-15(17)12-14/h4-6,12,16,18H,2-3,7-11,13H2,1H3. The van der Waals surface area contributed by atoms with Gasteiger partial charge in [-0.1, -0.05) is 41.4 Å². The number of unbranched alkanes of at least 4 members (excludes halogenated alkanes) is 1. The molecule has 0 saturated carbocycles. The Morgan fingerprint density at radius 1 is 1.32 bits per heavy atom. The molecule has 22 heavy (non-hydrogen) atoms. The lowest BCUT2D eigenvalue weighted by Crippen LogP contribution is -2.45. The Kier molecular flexibility index (Phi) is 6.87. The summed E-state index contributed by atoms with van der Waals surface area (Å²) in [6.45, 7) is 4.13. The smallest absolute Gasteiger partial charge is 0.214 e. The van der Waals surface area contributed by atoms with Crippen LogP contribution in [0, 0.1) is 0 Å². The van der Waals surface area contributed by atoms with Crippen LogP contribution >= 0.6 is 15.9 Å². The Morgan fingerprint density at radius 2 is 2.05 bits per heavy atom. The lowest BCUT2D eigenvalue weighted by Gasteiger charge is -2.31. The summed E-state index contributed by atoms with van der Waals surface area (Å²) in [5.41, 5.74) is 1.24. The number of piperidine rings is 1. The Morgan fingerprint density at radius 3 is 2.68 bits per heavy atom. The van der Waals surface area contributed by atoms with Gasteiger partial charge < -0.3 is 5.32 Å². The van der Waals surface area contributed by atoms with E-state index in [0.29, 0.717) is 24.9 Å². The maximum atomic E-state index is 12.2. The van der Waals surface area contributed by atoms with Crippen molar-refractivity contribution >= 4 is 26.0 Å². The van der Waals surface area contributed by atoms with Gasteiger partial charge in [0.05, 0.1) is 5.75 Å². The second-order valence-electron chi connectivity index (χ2n) is 5.85. The molecule has 1 fully saturated rings. The van der Waals surface area contributed by atoms with Crippen LogP contribution in [0.25, 0.3) is 0 Å². The van der Waals surface area contributed by atoms with Crippen molar-refractivity contribution < 1.29 is 8.42 Å². The molecule has 2 rings (SSSR count). The number of rotatable bonds is 7. The topological polar surface area (TPSA) is 49.4 Å². The number of nitrogens with zero attached hydrogens (tertiary/aromatic N) is 1. The first kappa shape index (κ1) is 17.9. The first-order chi connectivity index (χ1) is 10.5. The molecule has 1 N–H and O–H groups in total. The fraction of sp³-hybridized carbons (Fsp3) is 0.625. The molecule has 1 aromatic rings. The quantitative estimate of drug-likeness (QED) is 0.780. The first-order valence-electron chi connectivity index (χ1n) is 7.97. The van der Waals surface area contributed by atoms with Crippen molar-refractivity contribution in [3.05, 3.63) is 34.3 Å². The summed E-state index contributed by atoms with van der Waals surface area (Å²) in [4.78, 5) is 0. The normalized spacial score (nSPS) is 17.7. The van der Waals surface area contributed by atoms with E-state index in [9.17, 15) is 8.42 Å². The lowest BCUT2D eigenvalue weighted by molar-refractivity contribution is 0.288. The highest BCUT2D eigenvalue weighted by Crippen LogP contribution is 2.17. The molecule has 6 heteroatoms.